The van der Waals surface area contributed by atoms with E-state index in [0.717, 1.165) is 10.9 Å². The smallest absolute Gasteiger partial charge is 0.276 e. The highest BCUT2D eigenvalue weighted by Crippen LogP contribution is 2.19. The molecule has 6 heteroatoms. The second-order valence-corrected chi connectivity index (χ2v) is 5.51. The fraction of sp³-hybridized carbons (Fsp3) is 0.0556. The number of para-hydroxylation sites is 1. The van der Waals surface area contributed by atoms with Crippen molar-refractivity contribution in [2.24, 2.45) is 7.05 Å². The van der Waals surface area contributed by atoms with Gasteiger partial charge in [0.05, 0.1) is 11.7 Å². The maximum absolute atomic E-state index is 13.4. The lowest BCUT2D eigenvalue weighted by molar-refractivity contribution is 0.628. The number of rotatable bonds is 2. The number of hydrogen-bond donors (Lipinski definition) is 0. The van der Waals surface area contributed by atoms with Gasteiger partial charge in [-0.15, -0.1) is 5.10 Å². The Bertz CT molecular complexity index is 1110. The minimum Gasteiger partial charge on any atom is -0.309 e. The third-order valence-corrected chi connectivity index (χ3v) is 3.97. The number of aryl methyl sites for hydroxylation is 1. The van der Waals surface area contributed by atoms with Crippen molar-refractivity contribution < 1.29 is 4.39 Å². The quantitative estimate of drug-likeness (QED) is 0.570. The van der Waals surface area contributed by atoms with Gasteiger partial charge in [-0.05, 0) is 24.3 Å². The molecule has 0 aliphatic carbocycles. The van der Waals surface area contributed by atoms with E-state index in [1.165, 1.54) is 16.8 Å². The van der Waals surface area contributed by atoms with E-state index in [-0.39, 0.29) is 11.4 Å². The van der Waals surface area contributed by atoms with Crippen LogP contribution in [-0.4, -0.2) is 19.6 Å². The number of hydrogen-bond acceptors (Lipinski definition) is 3. The van der Waals surface area contributed by atoms with Crippen LogP contribution in [0.4, 0.5) is 4.39 Å². The van der Waals surface area contributed by atoms with Gasteiger partial charge in [-0.25, -0.2) is 9.07 Å². The first kappa shape index (κ1) is 14.3. The van der Waals surface area contributed by atoms with Crippen molar-refractivity contribution in [3.8, 4) is 16.9 Å². The zero-order chi connectivity index (χ0) is 16.7. The lowest BCUT2D eigenvalue weighted by atomic mass is 10.1. The van der Waals surface area contributed by atoms with Crippen molar-refractivity contribution in [2.45, 2.75) is 0 Å². The van der Waals surface area contributed by atoms with Gasteiger partial charge in [0.15, 0.2) is 0 Å². The van der Waals surface area contributed by atoms with Crippen LogP contribution in [0.5, 0.6) is 0 Å². The molecule has 4 aromatic rings. The molecule has 0 saturated carbocycles. The van der Waals surface area contributed by atoms with E-state index >= 15 is 0 Å². The maximum Gasteiger partial charge on any atom is 0.276 e. The molecule has 0 amide bonds. The van der Waals surface area contributed by atoms with Crippen LogP contribution in [0.1, 0.15) is 0 Å². The molecule has 24 heavy (non-hydrogen) atoms. The number of pyridine rings is 1. The van der Waals surface area contributed by atoms with Gasteiger partial charge in [0.1, 0.15) is 17.2 Å². The minimum atomic E-state index is -0.344. The van der Waals surface area contributed by atoms with Gasteiger partial charge in [0.2, 0.25) is 0 Å². The van der Waals surface area contributed by atoms with Crippen LogP contribution >= 0.6 is 0 Å². The zero-order valence-electron chi connectivity index (χ0n) is 12.8. The highest BCUT2D eigenvalue weighted by atomic mass is 19.1. The fourth-order valence-corrected chi connectivity index (χ4v) is 2.73. The van der Waals surface area contributed by atoms with Crippen LogP contribution in [0.2, 0.25) is 0 Å². The van der Waals surface area contributed by atoms with Crippen molar-refractivity contribution in [3.63, 3.8) is 0 Å². The average molecular weight is 320 g/mol. The second kappa shape index (κ2) is 5.42. The molecular weight excluding hydrogens is 307 g/mol. The summed E-state index contributed by atoms with van der Waals surface area (Å²) in [6.45, 7) is 0. The van der Waals surface area contributed by atoms with Gasteiger partial charge < -0.3 is 4.57 Å². The SMILES string of the molecule is Cn1c(=O)c(-n2cc(-c3cccc(F)c3)nn2)cc2ccccc21. The molecule has 0 atom stereocenters. The van der Waals surface area contributed by atoms with E-state index in [4.69, 9.17) is 0 Å². The van der Waals surface area contributed by atoms with Crippen LogP contribution < -0.4 is 5.56 Å². The Labute approximate surface area is 136 Å². The van der Waals surface area contributed by atoms with Crippen molar-refractivity contribution >= 4 is 10.9 Å². The van der Waals surface area contributed by atoms with Crippen molar-refractivity contribution in [1.82, 2.24) is 19.6 Å². The van der Waals surface area contributed by atoms with Gasteiger partial charge in [-0.1, -0.05) is 35.5 Å². The van der Waals surface area contributed by atoms with Crippen LogP contribution in [0.15, 0.2) is 65.6 Å². The number of aromatic nitrogens is 4. The molecule has 0 unspecified atom stereocenters. The third-order valence-electron chi connectivity index (χ3n) is 3.97. The Balaban J connectivity index is 1.87. The zero-order valence-corrected chi connectivity index (χ0v) is 12.8. The first-order chi connectivity index (χ1) is 11.6. The van der Waals surface area contributed by atoms with Crippen LogP contribution in [0, 0.1) is 5.82 Å². The minimum absolute atomic E-state index is 0.176. The van der Waals surface area contributed by atoms with Crippen molar-refractivity contribution in [3.05, 3.63) is 77.0 Å². The summed E-state index contributed by atoms with van der Waals surface area (Å²) < 4.78 is 16.4. The Morgan fingerprint density at radius 2 is 1.88 bits per heavy atom. The number of fused-ring (bicyclic) bond motifs is 1. The second-order valence-electron chi connectivity index (χ2n) is 5.51. The molecule has 0 fully saturated rings. The molecule has 0 aliphatic heterocycles. The normalized spacial score (nSPS) is 11.1. The van der Waals surface area contributed by atoms with Gasteiger partial charge in [-0.2, -0.15) is 0 Å². The van der Waals surface area contributed by atoms with E-state index in [0.29, 0.717) is 16.9 Å². The summed E-state index contributed by atoms with van der Waals surface area (Å²) in [6, 6.07) is 15.5. The molecular formula is C18H13FN4O. The predicted octanol–water partition coefficient (Wildman–Crippen LogP) is 2.93. The van der Waals surface area contributed by atoms with Gasteiger partial charge in [0.25, 0.3) is 5.56 Å². The number of halogens is 1. The summed E-state index contributed by atoms with van der Waals surface area (Å²) in [5.41, 5.74) is 2.18. The molecule has 118 valence electrons. The van der Waals surface area contributed by atoms with Gasteiger partial charge >= 0.3 is 0 Å². The van der Waals surface area contributed by atoms with E-state index in [2.05, 4.69) is 10.3 Å². The molecule has 0 aliphatic rings. The standard InChI is InChI=1S/C18H13FN4O/c1-22-16-8-3-2-5-13(16)10-17(18(22)24)23-11-15(20-21-23)12-6-4-7-14(19)9-12/h2-11H,1H3. The van der Waals surface area contributed by atoms with E-state index < -0.39 is 0 Å². The summed E-state index contributed by atoms with van der Waals surface area (Å²) in [5, 5.41) is 9.01. The lowest BCUT2D eigenvalue weighted by Gasteiger charge is -2.07. The van der Waals surface area contributed by atoms with Crippen molar-refractivity contribution in [2.75, 3.05) is 0 Å². The molecule has 5 nitrogen and oxygen atoms in total. The lowest BCUT2D eigenvalue weighted by Crippen LogP contribution is -2.22. The molecule has 2 heterocycles. The molecule has 4 rings (SSSR count). The molecule has 2 aromatic heterocycles. The Morgan fingerprint density at radius 3 is 2.71 bits per heavy atom. The van der Waals surface area contributed by atoms with Crippen LogP contribution in [0.3, 0.4) is 0 Å². The van der Waals surface area contributed by atoms with E-state index in [1.807, 2.05) is 24.3 Å². The van der Waals surface area contributed by atoms with Crippen molar-refractivity contribution in [1.29, 1.82) is 0 Å². The maximum atomic E-state index is 13.4. The highest BCUT2D eigenvalue weighted by Gasteiger charge is 2.11. The summed E-state index contributed by atoms with van der Waals surface area (Å²) in [6.07, 6.45) is 1.63. The third kappa shape index (κ3) is 2.28. The molecule has 0 bridgehead atoms. The predicted molar refractivity (Wildman–Crippen MR) is 89.5 cm³/mol. The molecule has 2 aromatic carbocycles. The Hall–Kier alpha value is -3.28. The van der Waals surface area contributed by atoms with E-state index in [9.17, 15) is 9.18 Å². The number of nitrogens with zero attached hydrogens (tertiary/aromatic N) is 4. The average Bonchev–Trinajstić information content (AvgIpc) is 3.08. The van der Waals surface area contributed by atoms with Gasteiger partial charge in [0, 0.05) is 18.0 Å². The molecule has 0 radical (unpaired) electrons. The topological polar surface area (TPSA) is 52.7 Å². The number of benzene rings is 2. The monoisotopic (exact) mass is 320 g/mol. The van der Waals surface area contributed by atoms with Gasteiger partial charge in [-0.3, -0.25) is 4.79 Å². The first-order valence-corrected chi connectivity index (χ1v) is 7.41. The highest BCUT2D eigenvalue weighted by molar-refractivity contribution is 5.80. The van der Waals surface area contributed by atoms with Crippen LogP contribution in [-0.2, 0) is 7.05 Å². The Morgan fingerprint density at radius 1 is 1.04 bits per heavy atom. The first-order valence-electron chi connectivity index (χ1n) is 7.41. The Kier molecular flexibility index (Phi) is 3.23. The summed E-state index contributed by atoms with van der Waals surface area (Å²) in [4.78, 5) is 12.6. The van der Waals surface area contributed by atoms with Crippen LogP contribution in [0.25, 0.3) is 27.8 Å². The largest absolute Gasteiger partial charge is 0.309 e. The molecule has 0 spiro atoms. The van der Waals surface area contributed by atoms with E-state index in [1.54, 1.807) is 36.0 Å². The summed E-state index contributed by atoms with van der Waals surface area (Å²) in [7, 11) is 1.72. The fourth-order valence-electron chi connectivity index (χ4n) is 2.73. The summed E-state index contributed by atoms with van der Waals surface area (Å²) in [5.74, 6) is -0.344. The molecule has 0 saturated heterocycles. The molecule has 0 N–H and O–H groups in total. The summed E-state index contributed by atoms with van der Waals surface area (Å²) >= 11 is 0.